The van der Waals surface area contributed by atoms with Crippen LogP contribution in [0.3, 0.4) is 0 Å². The number of halogens is 3. The molecule has 1 saturated heterocycles. The molecule has 3 aromatic carbocycles. The Kier molecular flexibility index (Phi) is 6.25. The number of rotatable bonds is 5. The molecule has 0 spiro atoms. The van der Waals surface area contributed by atoms with Crippen molar-refractivity contribution in [3.63, 3.8) is 0 Å². The molecule has 0 unspecified atom stereocenters. The van der Waals surface area contributed by atoms with Crippen LogP contribution < -0.4 is 5.32 Å². The van der Waals surface area contributed by atoms with Crippen LogP contribution >= 0.6 is 39.1 Å². The van der Waals surface area contributed by atoms with E-state index in [4.69, 9.17) is 23.2 Å². The molecule has 7 rings (SSSR count). The minimum atomic E-state index is -1.28. The summed E-state index contributed by atoms with van der Waals surface area (Å²) in [5.74, 6) is -3.58. The van der Waals surface area contributed by atoms with Crippen LogP contribution in [0.25, 0.3) is 0 Å². The number of benzene rings is 3. The highest BCUT2D eigenvalue weighted by Gasteiger charge is 2.73. The van der Waals surface area contributed by atoms with E-state index in [-0.39, 0.29) is 5.92 Å². The van der Waals surface area contributed by atoms with Gasteiger partial charge in [-0.3, -0.25) is 19.3 Å². The number of hydrogen-bond donors (Lipinski definition) is 1. The quantitative estimate of drug-likeness (QED) is 0.258. The monoisotopic (exact) mass is 624 g/mol. The summed E-state index contributed by atoms with van der Waals surface area (Å²) in [6.45, 7) is 5.67. The lowest BCUT2D eigenvalue weighted by Gasteiger charge is -2.54. The third kappa shape index (κ3) is 3.47. The Bertz CT molecular complexity index is 1430. The average Bonchev–Trinajstić information content (AvgIpc) is 3.19. The van der Waals surface area contributed by atoms with E-state index in [9.17, 15) is 14.4 Å². The largest absolute Gasteiger partial charge is 0.324 e. The second kappa shape index (κ2) is 9.18. The van der Waals surface area contributed by atoms with Gasteiger partial charge in [0.25, 0.3) is 0 Å². The van der Waals surface area contributed by atoms with Crippen molar-refractivity contribution in [1.29, 1.82) is 0 Å². The highest BCUT2D eigenvalue weighted by atomic mass is 79.9. The molecule has 3 aliphatic carbocycles. The number of anilines is 1. The van der Waals surface area contributed by atoms with Crippen molar-refractivity contribution in [2.24, 2.45) is 17.8 Å². The van der Waals surface area contributed by atoms with Gasteiger partial charge in [-0.05, 0) is 58.4 Å². The molecule has 3 amide bonds. The van der Waals surface area contributed by atoms with Gasteiger partial charge >= 0.3 is 0 Å². The van der Waals surface area contributed by atoms with E-state index in [2.05, 4.69) is 21.2 Å². The summed E-state index contributed by atoms with van der Waals surface area (Å²) in [6.07, 6.45) is 0.702. The van der Waals surface area contributed by atoms with Crippen molar-refractivity contribution in [3.05, 3.63) is 99.0 Å². The summed E-state index contributed by atoms with van der Waals surface area (Å²) >= 11 is 18.5. The van der Waals surface area contributed by atoms with Crippen molar-refractivity contribution in [3.8, 4) is 0 Å². The van der Waals surface area contributed by atoms with Crippen molar-refractivity contribution in [2.75, 3.05) is 5.32 Å². The molecule has 3 atom stereocenters. The lowest BCUT2D eigenvalue weighted by atomic mass is 9.54. The molecule has 1 N–H and O–H groups in total. The fourth-order valence-corrected chi connectivity index (χ4v) is 8.37. The molecule has 1 heterocycles. The molecule has 0 saturated carbocycles. The average molecular weight is 626 g/mol. The molecule has 4 aliphatic rings. The van der Waals surface area contributed by atoms with Crippen molar-refractivity contribution in [2.45, 2.75) is 43.0 Å². The van der Waals surface area contributed by atoms with Crippen LogP contribution in [0.4, 0.5) is 5.69 Å². The van der Waals surface area contributed by atoms with Crippen molar-refractivity contribution in [1.82, 2.24) is 4.90 Å². The number of nitrogens with one attached hydrogen (secondary N) is 1. The summed E-state index contributed by atoms with van der Waals surface area (Å²) in [7, 11) is 0. The van der Waals surface area contributed by atoms with Crippen LogP contribution in [-0.4, -0.2) is 28.7 Å². The summed E-state index contributed by atoms with van der Waals surface area (Å²) in [4.78, 5) is 41.1. The first-order valence-electron chi connectivity index (χ1n) is 13.1. The minimum absolute atomic E-state index is 0.349. The lowest BCUT2D eigenvalue weighted by Crippen LogP contribution is -2.57. The number of carbonyl (C=O) groups is 3. The van der Waals surface area contributed by atoms with Gasteiger partial charge in [0.05, 0.1) is 11.8 Å². The molecule has 0 aromatic heterocycles. The highest BCUT2D eigenvalue weighted by molar-refractivity contribution is 9.10. The van der Waals surface area contributed by atoms with Gasteiger partial charge in [0.15, 0.2) is 0 Å². The predicted octanol–water partition coefficient (Wildman–Crippen LogP) is 6.57. The number of imide groups is 1. The Labute approximate surface area is 246 Å². The molecule has 200 valence electrons. The van der Waals surface area contributed by atoms with E-state index in [1.807, 2.05) is 87.5 Å². The van der Waals surface area contributed by atoms with E-state index < -0.39 is 45.3 Å². The zero-order valence-corrected chi connectivity index (χ0v) is 24.8. The van der Waals surface area contributed by atoms with E-state index in [1.165, 1.54) is 0 Å². The summed E-state index contributed by atoms with van der Waals surface area (Å²) < 4.78 is 0.904. The van der Waals surface area contributed by atoms with Gasteiger partial charge in [0, 0.05) is 10.2 Å². The van der Waals surface area contributed by atoms with E-state index >= 15 is 0 Å². The fraction of sp³-hybridized carbons (Fsp3) is 0.323. The van der Waals surface area contributed by atoms with Gasteiger partial charge < -0.3 is 5.32 Å². The maximum atomic E-state index is 14.4. The molecule has 2 bridgehead atoms. The molecular weight excluding hydrogens is 599 g/mol. The van der Waals surface area contributed by atoms with Crippen LogP contribution in [0.15, 0.2) is 71.2 Å². The first-order valence-corrected chi connectivity index (χ1v) is 14.7. The number of hydrogen-bond acceptors (Lipinski definition) is 3. The van der Waals surface area contributed by atoms with Gasteiger partial charge in [-0.2, -0.15) is 0 Å². The van der Waals surface area contributed by atoms with Crippen LogP contribution in [0.1, 0.15) is 48.6 Å². The number of likely N-dealkylation sites (tertiary alicyclic amines) is 1. The molecule has 3 aromatic rings. The van der Waals surface area contributed by atoms with Crippen LogP contribution in [0, 0.1) is 17.8 Å². The van der Waals surface area contributed by atoms with Crippen LogP contribution in [0.2, 0.25) is 0 Å². The maximum Gasteiger partial charge on any atom is 0.247 e. The first-order chi connectivity index (χ1) is 18.6. The minimum Gasteiger partial charge on any atom is -0.324 e. The number of aryl methyl sites for hydroxylation is 1. The second-order valence-electron chi connectivity index (χ2n) is 10.8. The van der Waals surface area contributed by atoms with Crippen molar-refractivity contribution < 1.29 is 14.4 Å². The number of alkyl halides is 2. The highest BCUT2D eigenvalue weighted by Crippen LogP contribution is 2.69. The normalized spacial score (nSPS) is 27.3. The Balaban J connectivity index is 1.47. The van der Waals surface area contributed by atoms with E-state index in [1.54, 1.807) is 0 Å². The Morgan fingerprint density at radius 2 is 1.36 bits per heavy atom. The fourth-order valence-electron chi connectivity index (χ4n) is 6.86. The standard InChI is InChI=1S/C31H27BrCl2N2O3/c1-4-17-15-18(32)13-14-23(17)35-27(37)26(16(2)3)36-28(38)24-25(29(36)39)31(34)20-10-6-5-9-19(20)30(24,33)21-11-7-8-12-22(21)31/h5-16,24-26H,4H2,1-3H3,(H,35,37)/t24-,25+,26-,30?,31?/m0/s1. The molecule has 1 fully saturated rings. The molecular formula is C31H27BrCl2N2O3. The van der Waals surface area contributed by atoms with Gasteiger partial charge in [-0.15, -0.1) is 23.2 Å². The van der Waals surface area contributed by atoms with Crippen molar-refractivity contribution >= 4 is 62.5 Å². The SMILES string of the molecule is CCc1cc(Br)ccc1NC(=O)[C@H](C(C)C)N1C(=O)[C@@H]2[C@H](C1=O)C1(Cl)c3ccccc3C2(Cl)c2ccccc21. The zero-order chi connectivity index (χ0) is 27.9. The van der Waals surface area contributed by atoms with Crippen LogP contribution in [-0.2, 0) is 30.6 Å². The number of carbonyl (C=O) groups excluding carboxylic acids is 3. The third-order valence-corrected chi connectivity index (χ3v) is 10.3. The van der Waals surface area contributed by atoms with Gasteiger partial charge in [0.2, 0.25) is 17.7 Å². The Morgan fingerprint density at radius 3 is 1.77 bits per heavy atom. The van der Waals surface area contributed by atoms with Gasteiger partial charge in [0.1, 0.15) is 15.8 Å². The van der Waals surface area contributed by atoms with Crippen LogP contribution in [0.5, 0.6) is 0 Å². The Hall–Kier alpha value is -2.67. The number of amides is 3. The molecule has 39 heavy (non-hydrogen) atoms. The smallest absolute Gasteiger partial charge is 0.247 e. The second-order valence-corrected chi connectivity index (χ2v) is 13.0. The van der Waals surface area contributed by atoms with E-state index in [0.717, 1.165) is 37.2 Å². The summed E-state index contributed by atoms with van der Waals surface area (Å²) in [6, 6.07) is 19.6. The maximum absolute atomic E-state index is 14.4. The number of nitrogens with zero attached hydrogens (tertiary/aromatic N) is 1. The molecule has 8 heteroatoms. The predicted molar refractivity (Wildman–Crippen MR) is 156 cm³/mol. The molecule has 0 radical (unpaired) electrons. The lowest BCUT2D eigenvalue weighted by molar-refractivity contribution is -0.148. The Morgan fingerprint density at radius 1 is 0.897 bits per heavy atom. The summed E-state index contributed by atoms with van der Waals surface area (Å²) in [5, 5.41) is 2.99. The summed E-state index contributed by atoms with van der Waals surface area (Å²) in [5.41, 5.74) is 4.53. The topological polar surface area (TPSA) is 66.5 Å². The first kappa shape index (κ1) is 26.5. The molecule has 5 nitrogen and oxygen atoms in total. The molecule has 1 aliphatic heterocycles. The third-order valence-electron chi connectivity index (χ3n) is 8.50. The van der Waals surface area contributed by atoms with E-state index in [0.29, 0.717) is 12.1 Å². The zero-order valence-electron chi connectivity index (χ0n) is 21.7. The van der Waals surface area contributed by atoms with Gasteiger partial charge in [-0.1, -0.05) is 85.2 Å². The van der Waals surface area contributed by atoms with Gasteiger partial charge in [-0.25, -0.2) is 0 Å².